The molecule has 0 unspecified atom stereocenters. The Balaban J connectivity index is 1.95. The molecule has 0 fully saturated rings. The molecular weight excluding hydrogens is 300 g/mol. The molecular formula is C13H18N8O2. The topological polar surface area (TPSA) is 115 Å². The molecule has 0 aliphatic rings. The van der Waals surface area contributed by atoms with Crippen molar-refractivity contribution >= 4 is 17.1 Å². The minimum atomic E-state index is -0.491. The lowest BCUT2D eigenvalue weighted by molar-refractivity contribution is 0.642. The molecule has 0 saturated carbocycles. The Bertz CT molecular complexity index is 961. The van der Waals surface area contributed by atoms with Crippen LogP contribution in [0.25, 0.3) is 11.2 Å². The fourth-order valence-electron chi connectivity index (χ4n) is 2.47. The van der Waals surface area contributed by atoms with Crippen molar-refractivity contribution < 1.29 is 0 Å². The zero-order chi connectivity index (χ0) is 16.6. The molecule has 0 amide bonds. The van der Waals surface area contributed by atoms with Crippen LogP contribution in [0, 0.1) is 0 Å². The van der Waals surface area contributed by atoms with E-state index in [-0.39, 0.29) is 0 Å². The van der Waals surface area contributed by atoms with E-state index in [1.807, 2.05) is 4.57 Å². The van der Waals surface area contributed by atoms with E-state index in [9.17, 15) is 9.59 Å². The summed E-state index contributed by atoms with van der Waals surface area (Å²) in [7, 11) is 3.28. The first-order chi connectivity index (χ1) is 11.0. The predicted molar refractivity (Wildman–Crippen MR) is 84.2 cm³/mol. The van der Waals surface area contributed by atoms with Crippen LogP contribution in [0.3, 0.4) is 0 Å². The zero-order valence-electron chi connectivity index (χ0n) is 13.2. The van der Waals surface area contributed by atoms with Gasteiger partial charge in [-0.25, -0.2) is 4.79 Å². The van der Waals surface area contributed by atoms with E-state index in [4.69, 9.17) is 0 Å². The minimum Gasteiger partial charge on any atom is -0.348 e. The maximum absolute atomic E-state index is 12.0. The van der Waals surface area contributed by atoms with E-state index >= 15 is 0 Å². The summed E-state index contributed by atoms with van der Waals surface area (Å²) in [5.41, 5.74) is -0.279. The number of aryl methyl sites for hydroxylation is 3. The average molecular weight is 318 g/mol. The maximum atomic E-state index is 12.0. The number of aromatic nitrogens is 7. The smallest absolute Gasteiger partial charge is 0.329 e. The highest BCUT2D eigenvalue weighted by Crippen LogP contribution is 2.13. The molecule has 122 valence electrons. The highest BCUT2D eigenvalue weighted by Gasteiger charge is 2.15. The maximum Gasteiger partial charge on any atom is 0.329 e. The van der Waals surface area contributed by atoms with Crippen molar-refractivity contribution in [1.29, 1.82) is 0 Å². The number of H-pyrrole nitrogens is 1. The molecule has 0 aliphatic heterocycles. The summed E-state index contributed by atoms with van der Waals surface area (Å²) in [4.78, 5) is 30.2. The van der Waals surface area contributed by atoms with Gasteiger partial charge in [-0.1, -0.05) is 6.92 Å². The second-order valence-electron chi connectivity index (χ2n) is 5.28. The average Bonchev–Trinajstić information content (AvgIpc) is 3.08. The standard InChI is InChI=1S/C13H18N8O2/c1-4-5-21-7-15-18-8(21)6-14-12-16-10-9(19(12)2)11(22)17-13(23)20(10)3/h7H,4-6H2,1-3H3,(H,14,16)(H,17,22,23). The normalized spacial score (nSPS) is 11.3. The lowest BCUT2D eigenvalue weighted by Gasteiger charge is -2.07. The van der Waals surface area contributed by atoms with Gasteiger partial charge in [0, 0.05) is 20.6 Å². The van der Waals surface area contributed by atoms with Crippen molar-refractivity contribution in [3.05, 3.63) is 33.0 Å². The third kappa shape index (κ3) is 2.51. The molecule has 3 aromatic heterocycles. The predicted octanol–water partition coefficient (Wildman–Crippen LogP) is -0.426. The summed E-state index contributed by atoms with van der Waals surface area (Å²) < 4.78 is 4.88. The molecule has 3 aromatic rings. The van der Waals surface area contributed by atoms with Gasteiger partial charge in [0.05, 0.1) is 6.54 Å². The molecule has 3 heterocycles. The van der Waals surface area contributed by atoms with Gasteiger partial charge in [0.15, 0.2) is 17.0 Å². The Morgan fingerprint density at radius 2 is 2.04 bits per heavy atom. The first kappa shape index (κ1) is 15.0. The summed E-state index contributed by atoms with van der Waals surface area (Å²) in [6, 6.07) is 0. The SMILES string of the molecule is CCCn1cnnc1CNc1nc2c(c(=O)[nH]c(=O)n2C)n1C. The van der Waals surface area contributed by atoms with Crippen LogP contribution >= 0.6 is 0 Å². The number of nitrogens with one attached hydrogen (secondary N) is 2. The third-order valence-electron chi connectivity index (χ3n) is 3.70. The summed E-state index contributed by atoms with van der Waals surface area (Å²) >= 11 is 0. The van der Waals surface area contributed by atoms with Crippen LogP contribution in [0.4, 0.5) is 5.95 Å². The van der Waals surface area contributed by atoms with E-state index in [1.54, 1.807) is 25.0 Å². The number of anilines is 1. The molecule has 0 bridgehead atoms. The van der Waals surface area contributed by atoms with Crippen LogP contribution in [-0.4, -0.2) is 33.9 Å². The molecule has 0 spiro atoms. The number of hydrogen-bond donors (Lipinski definition) is 2. The molecule has 10 nitrogen and oxygen atoms in total. The fraction of sp³-hybridized carbons (Fsp3) is 0.462. The van der Waals surface area contributed by atoms with Gasteiger partial charge in [0.25, 0.3) is 5.56 Å². The number of hydrogen-bond acceptors (Lipinski definition) is 6. The third-order valence-corrected chi connectivity index (χ3v) is 3.70. The van der Waals surface area contributed by atoms with Crippen LogP contribution in [0.15, 0.2) is 15.9 Å². The number of nitrogens with zero attached hydrogens (tertiary/aromatic N) is 6. The minimum absolute atomic E-state index is 0.332. The van der Waals surface area contributed by atoms with E-state index in [0.29, 0.717) is 23.7 Å². The monoisotopic (exact) mass is 318 g/mol. The molecule has 23 heavy (non-hydrogen) atoms. The van der Waals surface area contributed by atoms with E-state index < -0.39 is 11.2 Å². The number of imidazole rings is 1. The molecule has 0 atom stereocenters. The second-order valence-corrected chi connectivity index (χ2v) is 5.28. The highest BCUT2D eigenvalue weighted by molar-refractivity contribution is 5.73. The molecule has 0 saturated heterocycles. The van der Waals surface area contributed by atoms with Crippen molar-refractivity contribution in [3.63, 3.8) is 0 Å². The van der Waals surface area contributed by atoms with Gasteiger partial charge in [-0.2, -0.15) is 4.98 Å². The van der Waals surface area contributed by atoms with Crippen molar-refractivity contribution in [3.8, 4) is 0 Å². The first-order valence-electron chi connectivity index (χ1n) is 7.29. The number of rotatable bonds is 5. The van der Waals surface area contributed by atoms with Crippen molar-refractivity contribution in [2.45, 2.75) is 26.4 Å². The molecule has 10 heteroatoms. The Kier molecular flexibility index (Phi) is 3.72. The van der Waals surface area contributed by atoms with Gasteiger partial charge < -0.3 is 14.5 Å². The van der Waals surface area contributed by atoms with Gasteiger partial charge in [0.2, 0.25) is 5.95 Å². The summed E-state index contributed by atoms with van der Waals surface area (Å²) in [5, 5.41) is 11.1. The first-order valence-corrected chi connectivity index (χ1v) is 7.29. The van der Waals surface area contributed by atoms with Crippen molar-refractivity contribution in [2.75, 3.05) is 5.32 Å². The Hall–Kier alpha value is -2.91. The van der Waals surface area contributed by atoms with E-state index in [0.717, 1.165) is 18.8 Å². The Labute approximate surface area is 130 Å². The molecule has 0 radical (unpaired) electrons. The van der Waals surface area contributed by atoms with Gasteiger partial charge >= 0.3 is 5.69 Å². The van der Waals surface area contributed by atoms with Gasteiger partial charge in [-0.05, 0) is 6.42 Å². The quantitative estimate of drug-likeness (QED) is 0.660. The number of aromatic amines is 1. The molecule has 0 aromatic carbocycles. The van der Waals surface area contributed by atoms with Gasteiger partial charge in [0.1, 0.15) is 6.33 Å². The lowest BCUT2D eigenvalue weighted by Crippen LogP contribution is -2.29. The molecule has 2 N–H and O–H groups in total. The van der Waals surface area contributed by atoms with Crippen LogP contribution < -0.4 is 16.6 Å². The van der Waals surface area contributed by atoms with Crippen molar-refractivity contribution in [2.24, 2.45) is 14.1 Å². The summed E-state index contributed by atoms with van der Waals surface area (Å²) in [6.07, 6.45) is 2.67. The van der Waals surface area contributed by atoms with Gasteiger partial charge in [-0.3, -0.25) is 14.3 Å². The van der Waals surface area contributed by atoms with E-state index in [2.05, 4.69) is 32.4 Å². The number of fused-ring (bicyclic) bond motifs is 1. The largest absolute Gasteiger partial charge is 0.348 e. The Morgan fingerprint density at radius 3 is 2.78 bits per heavy atom. The van der Waals surface area contributed by atoms with Gasteiger partial charge in [-0.15, -0.1) is 10.2 Å². The second kappa shape index (κ2) is 5.71. The highest BCUT2D eigenvalue weighted by atomic mass is 16.2. The van der Waals surface area contributed by atoms with Crippen LogP contribution in [0.2, 0.25) is 0 Å². The van der Waals surface area contributed by atoms with Crippen molar-refractivity contribution in [1.82, 2.24) is 33.9 Å². The fourth-order valence-corrected chi connectivity index (χ4v) is 2.47. The lowest BCUT2D eigenvalue weighted by atomic mass is 10.4. The summed E-state index contributed by atoms with van der Waals surface area (Å²) in [5.74, 6) is 1.26. The molecule has 3 rings (SSSR count). The van der Waals surface area contributed by atoms with Crippen LogP contribution in [-0.2, 0) is 27.2 Å². The zero-order valence-corrected chi connectivity index (χ0v) is 13.2. The van der Waals surface area contributed by atoms with Crippen LogP contribution in [0.1, 0.15) is 19.2 Å². The Morgan fingerprint density at radius 1 is 1.26 bits per heavy atom. The van der Waals surface area contributed by atoms with Crippen LogP contribution in [0.5, 0.6) is 0 Å². The summed E-state index contributed by atoms with van der Waals surface area (Å²) in [6.45, 7) is 3.33. The molecule has 0 aliphatic carbocycles. The van der Waals surface area contributed by atoms with E-state index in [1.165, 1.54) is 4.57 Å².